The summed E-state index contributed by atoms with van der Waals surface area (Å²) < 4.78 is 0. The van der Waals surface area contributed by atoms with E-state index in [0.29, 0.717) is 22.4 Å². The predicted molar refractivity (Wildman–Crippen MR) is 103 cm³/mol. The van der Waals surface area contributed by atoms with Crippen LogP contribution in [0.2, 0.25) is 0 Å². The maximum absolute atomic E-state index is 12.9. The molecule has 0 saturated heterocycles. The number of fused-ring (bicyclic) bond motifs is 2. The van der Waals surface area contributed by atoms with Crippen LogP contribution in [-0.2, 0) is 0 Å². The first-order valence-corrected chi connectivity index (χ1v) is 8.70. The molecule has 2 aromatic carbocycles. The lowest BCUT2D eigenvalue weighted by Gasteiger charge is -2.20. The molecule has 1 aliphatic rings. The minimum atomic E-state index is -0.437. The summed E-state index contributed by atoms with van der Waals surface area (Å²) >= 11 is 0. The molecule has 1 aliphatic carbocycles. The van der Waals surface area contributed by atoms with Gasteiger partial charge in [-0.15, -0.1) is 0 Å². The lowest BCUT2D eigenvalue weighted by atomic mass is 9.83. The van der Waals surface area contributed by atoms with Gasteiger partial charge in [0.2, 0.25) is 0 Å². The molecule has 0 spiro atoms. The Morgan fingerprint density at radius 1 is 0.778 bits per heavy atom. The van der Waals surface area contributed by atoms with E-state index in [0.717, 1.165) is 0 Å². The zero-order valence-corrected chi connectivity index (χ0v) is 15.0. The molecule has 1 amide bonds. The van der Waals surface area contributed by atoms with Crippen LogP contribution in [-0.4, -0.2) is 22.5 Å². The molecule has 5 nitrogen and oxygen atoms in total. The molecule has 0 aliphatic heterocycles. The molecule has 0 saturated carbocycles. The number of nitrogens with one attached hydrogen (secondary N) is 1. The number of nitrogens with zero attached hydrogens (tertiary/aromatic N) is 1. The number of aromatic nitrogens is 1. The van der Waals surface area contributed by atoms with Gasteiger partial charge in [-0.2, -0.15) is 0 Å². The Bertz CT molecular complexity index is 1030. The van der Waals surface area contributed by atoms with E-state index in [4.69, 9.17) is 0 Å². The van der Waals surface area contributed by atoms with Crippen LogP contribution in [0, 0.1) is 0 Å². The molecular formula is C22H18N2O3. The summed E-state index contributed by atoms with van der Waals surface area (Å²) in [7, 11) is 0. The predicted octanol–water partition coefficient (Wildman–Crippen LogP) is 4.14. The van der Waals surface area contributed by atoms with E-state index in [1.54, 1.807) is 60.7 Å². The summed E-state index contributed by atoms with van der Waals surface area (Å²) in [6.07, 6.45) is 1.51. The van der Waals surface area contributed by atoms with Crippen LogP contribution in [0.5, 0.6) is 0 Å². The van der Waals surface area contributed by atoms with E-state index in [9.17, 15) is 14.4 Å². The van der Waals surface area contributed by atoms with Gasteiger partial charge < -0.3 is 5.32 Å². The lowest BCUT2D eigenvalue weighted by Crippen LogP contribution is -2.24. The maximum atomic E-state index is 12.9. The summed E-state index contributed by atoms with van der Waals surface area (Å²) in [5.74, 6) is -0.936. The van der Waals surface area contributed by atoms with Gasteiger partial charge in [0.25, 0.3) is 5.91 Å². The van der Waals surface area contributed by atoms with Crippen molar-refractivity contribution < 1.29 is 14.4 Å². The van der Waals surface area contributed by atoms with Gasteiger partial charge in [-0.1, -0.05) is 56.3 Å². The molecular weight excluding hydrogens is 340 g/mol. The molecule has 3 aromatic rings. The van der Waals surface area contributed by atoms with E-state index >= 15 is 0 Å². The van der Waals surface area contributed by atoms with Crippen molar-refractivity contribution in [2.45, 2.75) is 13.8 Å². The molecule has 1 N–H and O–H groups in total. The number of benzene rings is 2. The van der Waals surface area contributed by atoms with Crippen LogP contribution >= 0.6 is 0 Å². The largest absolute Gasteiger partial charge is 0.320 e. The number of hydrogen-bond acceptors (Lipinski definition) is 4. The molecule has 134 valence electrons. The zero-order valence-electron chi connectivity index (χ0n) is 15.0. The van der Waals surface area contributed by atoms with Gasteiger partial charge in [0.1, 0.15) is 5.69 Å². The average molecular weight is 358 g/mol. The number of hydrogen-bond donors (Lipinski definition) is 1. The van der Waals surface area contributed by atoms with Gasteiger partial charge in [0.15, 0.2) is 11.6 Å². The number of ketones is 2. The van der Waals surface area contributed by atoms with Gasteiger partial charge in [0, 0.05) is 22.9 Å². The van der Waals surface area contributed by atoms with E-state index in [1.807, 2.05) is 13.8 Å². The quantitative estimate of drug-likeness (QED) is 0.584. The molecule has 5 heteroatoms. The summed E-state index contributed by atoms with van der Waals surface area (Å²) in [6, 6.07) is 16.5. The third kappa shape index (κ3) is 3.27. The van der Waals surface area contributed by atoms with Crippen molar-refractivity contribution >= 4 is 23.2 Å². The molecule has 0 unspecified atom stereocenters. The fourth-order valence-electron chi connectivity index (χ4n) is 2.93. The Morgan fingerprint density at radius 3 is 2.07 bits per heavy atom. The summed E-state index contributed by atoms with van der Waals surface area (Å²) in [5, 5.41) is 2.69. The fourth-order valence-corrected chi connectivity index (χ4v) is 2.93. The second-order valence-electron chi connectivity index (χ2n) is 5.60. The smallest absolute Gasteiger partial charge is 0.274 e. The van der Waals surface area contributed by atoms with Gasteiger partial charge in [-0.3, -0.25) is 19.4 Å². The van der Waals surface area contributed by atoms with Crippen molar-refractivity contribution in [1.29, 1.82) is 0 Å². The highest BCUT2D eigenvalue weighted by Gasteiger charge is 2.31. The van der Waals surface area contributed by atoms with Crippen molar-refractivity contribution in [2.75, 3.05) is 5.32 Å². The van der Waals surface area contributed by atoms with Gasteiger partial charge in [0.05, 0.1) is 11.3 Å². The number of amides is 1. The van der Waals surface area contributed by atoms with Crippen LogP contribution in [0.3, 0.4) is 0 Å². The van der Waals surface area contributed by atoms with E-state index in [2.05, 4.69) is 10.3 Å². The Labute approximate surface area is 157 Å². The molecule has 0 atom stereocenters. The Balaban J connectivity index is 0.00000102. The summed E-state index contributed by atoms with van der Waals surface area (Å²) in [4.78, 5) is 41.9. The monoisotopic (exact) mass is 358 g/mol. The Kier molecular flexibility index (Phi) is 5.22. The highest BCUT2D eigenvalue weighted by Crippen LogP contribution is 2.32. The number of carbonyl (C=O) groups is 3. The third-order valence-corrected chi connectivity index (χ3v) is 4.10. The molecule has 4 rings (SSSR count). The standard InChI is InChI=1S/C20H12N2O3.C2H6/c23-18-12-6-1-2-7-13(12)19(24)17-14(18)8-5-10-15(17)22-20(25)16-9-3-4-11-21-16;1-2/h1-11H,(H,22,25);1-2H3. The Hall–Kier alpha value is -3.60. The summed E-state index contributed by atoms with van der Waals surface area (Å²) in [5.41, 5.74) is 1.78. The van der Waals surface area contributed by atoms with Crippen LogP contribution in [0.4, 0.5) is 5.69 Å². The second-order valence-corrected chi connectivity index (χ2v) is 5.60. The van der Waals surface area contributed by atoms with E-state index in [-0.39, 0.29) is 22.8 Å². The maximum Gasteiger partial charge on any atom is 0.274 e. The molecule has 27 heavy (non-hydrogen) atoms. The van der Waals surface area contributed by atoms with Crippen LogP contribution in [0.25, 0.3) is 0 Å². The Morgan fingerprint density at radius 2 is 1.41 bits per heavy atom. The first-order chi connectivity index (χ1) is 13.2. The van der Waals surface area contributed by atoms with Gasteiger partial charge in [-0.05, 0) is 18.2 Å². The molecule has 0 fully saturated rings. The average Bonchev–Trinajstić information content (AvgIpc) is 2.74. The highest BCUT2D eigenvalue weighted by molar-refractivity contribution is 6.30. The van der Waals surface area contributed by atoms with Crippen LogP contribution < -0.4 is 5.32 Å². The second kappa shape index (κ2) is 7.74. The lowest BCUT2D eigenvalue weighted by molar-refractivity contribution is 0.0978. The fraction of sp³-hybridized carbons (Fsp3) is 0.0909. The number of rotatable bonds is 2. The van der Waals surface area contributed by atoms with Gasteiger partial charge in [-0.25, -0.2) is 0 Å². The van der Waals surface area contributed by atoms with Crippen LogP contribution in [0.15, 0.2) is 66.9 Å². The van der Waals surface area contributed by atoms with Crippen LogP contribution in [0.1, 0.15) is 56.2 Å². The number of anilines is 1. The molecule has 1 heterocycles. The SMILES string of the molecule is CC.O=C(Nc1cccc2c1C(=O)c1ccccc1C2=O)c1ccccn1. The molecule has 0 radical (unpaired) electrons. The van der Waals surface area contributed by atoms with Crippen molar-refractivity contribution in [1.82, 2.24) is 4.98 Å². The van der Waals surface area contributed by atoms with Crippen molar-refractivity contribution in [3.8, 4) is 0 Å². The topological polar surface area (TPSA) is 76.1 Å². The number of carbonyl (C=O) groups excluding carboxylic acids is 3. The van der Waals surface area contributed by atoms with E-state index < -0.39 is 5.91 Å². The first-order valence-electron chi connectivity index (χ1n) is 8.70. The minimum Gasteiger partial charge on any atom is -0.320 e. The first kappa shape index (κ1) is 18.2. The summed E-state index contributed by atoms with van der Waals surface area (Å²) in [6.45, 7) is 4.00. The molecule has 0 bridgehead atoms. The molecule has 1 aromatic heterocycles. The van der Waals surface area contributed by atoms with Gasteiger partial charge >= 0.3 is 0 Å². The van der Waals surface area contributed by atoms with E-state index in [1.165, 1.54) is 6.20 Å². The number of pyridine rings is 1. The minimum absolute atomic E-state index is 0.218. The zero-order chi connectivity index (χ0) is 19.4. The van der Waals surface area contributed by atoms with Crippen molar-refractivity contribution in [2.24, 2.45) is 0 Å². The third-order valence-electron chi connectivity index (χ3n) is 4.10. The highest BCUT2D eigenvalue weighted by atomic mass is 16.2. The normalized spacial score (nSPS) is 11.6. The van der Waals surface area contributed by atoms with Crippen molar-refractivity contribution in [3.63, 3.8) is 0 Å². The van der Waals surface area contributed by atoms with Crippen molar-refractivity contribution in [3.05, 3.63) is 94.8 Å².